The number of amides is 1. The molecule has 1 aliphatic rings. The van der Waals surface area contributed by atoms with Crippen molar-refractivity contribution in [3.8, 4) is 11.4 Å². The lowest BCUT2D eigenvalue weighted by atomic mass is 10.1. The van der Waals surface area contributed by atoms with Crippen molar-refractivity contribution in [2.75, 3.05) is 0 Å². The van der Waals surface area contributed by atoms with Crippen LogP contribution in [-0.2, 0) is 16.1 Å². The predicted molar refractivity (Wildman–Crippen MR) is 80.0 cm³/mol. The van der Waals surface area contributed by atoms with Crippen LogP contribution >= 0.6 is 0 Å². The molecular weight excluding hydrogens is 298 g/mol. The number of carboxylic acid groups (broad SMARTS) is 1. The second-order valence-corrected chi connectivity index (χ2v) is 6.21. The summed E-state index contributed by atoms with van der Waals surface area (Å²) in [5, 5.41) is 15.6. The van der Waals surface area contributed by atoms with Crippen molar-refractivity contribution in [2.45, 2.75) is 20.4 Å². The Balaban J connectivity index is 1.61. The fourth-order valence-corrected chi connectivity index (χ4v) is 2.89. The summed E-state index contributed by atoms with van der Waals surface area (Å²) in [5.41, 5.74) is 0.294. The molecule has 1 aromatic carbocycles. The van der Waals surface area contributed by atoms with Crippen LogP contribution in [0.15, 0.2) is 34.9 Å². The number of nitrogens with zero attached hydrogens (tertiary/aromatic N) is 2. The van der Waals surface area contributed by atoms with Gasteiger partial charge in [-0.2, -0.15) is 4.98 Å². The first-order valence-electron chi connectivity index (χ1n) is 7.30. The topological polar surface area (TPSA) is 105 Å². The summed E-state index contributed by atoms with van der Waals surface area (Å²) in [6.45, 7) is 3.63. The fraction of sp³-hybridized carbons (Fsp3) is 0.375. The Hall–Kier alpha value is -2.70. The van der Waals surface area contributed by atoms with E-state index >= 15 is 0 Å². The monoisotopic (exact) mass is 315 g/mol. The summed E-state index contributed by atoms with van der Waals surface area (Å²) >= 11 is 0. The van der Waals surface area contributed by atoms with Crippen LogP contribution in [0.25, 0.3) is 11.4 Å². The Bertz CT molecular complexity index is 739. The molecule has 2 atom stereocenters. The molecule has 0 unspecified atom stereocenters. The van der Waals surface area contributed by atoms with Gasteiger partial charge in [0.1, 0.15) is 0 Å². The quantitative estimate of drug-likeness (QED) is 0.870. The average Bonchev–Trinajstić information content (AvgIpc) is 2.88. The molecule has 1 aromatic heterocycles. The molecule has 3 rings (SSSR count). The van der Waals surface area contributed by atoms with Crippen molar-refractivity contribution < 1.29 is 19.2 Å². The van der Waals surface area contributed by atoms with Crippen molar-refractivity contribution >= 4 is 11.9 Å². The van der Waals surface area contributed by atoms with E-state index in [1.807, 2.05) is 30.3 Å². The largest absolute Gasteiger partial charge is 0.481 e. The van der Waals surface area contributed by atoms with Crippen LogP contribution in [0.3, 0.4) is 0 Å². The molecule has 0 bridgehead atoms. The molecule has 23 heavy (non-hydrogen) atoms. The Labute approximate surface area is 132 Å². The van der Waals surface area contributed by atoms with E-state index in [0.717, 1.165) is 5.56 Å². The lowest BCUT2D eigenvalue weighted by Gasteiger charge is -2.02. The van der Waals surface area contributed by atoms with Crippen LogP contribution in [-0.4, -0.2) is 27.1 Å². The maximum absolute atomic E-state index is 12.1. The third-order valence-electron chi connectivity index (χ3n) is 4.29. The lowest BCUT2D eigenvalue weighted by molar-refractivity contribution is -0.140. The highest BCUT2D eigenvalue weighted by Gasteiger charge is 2.65. The molecule has 0 spiro atoms. The fourth-order valence-electron chi connectivity index (χ4n) is 2.89. The summed E-state index contributed by atoms with van der Waals surface area (Å²) in [7, 11) is 0. The number of hydrogen-bond acceptors (Lipinski definition) is 5. The van der Waals surface area contributed by atoms with E-state index < -0.39 is 23.2 Å². The van der Waals surface area contributed by atoms with E-state index in [2.05, 4.69) is 15.5 Å². The van der Waals surface area contributed by atoms with Crippen LogP contribution in [0.2, 0.25) is 0 Å². The number of rotatable bonds is 5. The number of benzene rings is 1. The second kappa shape index (κ2) is 5.49. The van der Waals surface area contributed by atoms with E-state index in [1.54, 1.807) is 13.8 Å². The molecule has 120 valence electrons. The third kappa shape index (κ3) is 2.81. The summed E-state index contributed by atoms with van der Waals surface area (Å²) in [4.78, 5) is 27.4. The van der Waals surface area contributed by atoms with Gasteiger partial charge in [-0.15, -0.1) is 0 Å². The maximum Gasteiger partial charge on any atom is 0.307 e. The zero-order chi connectivity index (χ0) is 16.6. The highest BCUT2D eigenvalue weighted by atomic mass is 16.5. The first-order valence-corrected chi connectivity index (χ1v) is 7.30. The molecule has 1 amide bonds. The van der Waals surface area contributed by atoms with Crippen molar-refractivity contribution in [2.24, 2.45) is 17.3 Å². The molecule has 2 aromatic rings. The molecule has 1 heterocycles. The highest BCUT2D eigenvalue weighted by molar-refractivity contribution is 5.91. The van der Waals surface area contributed by atoms with Gasteiger partial charge >= 0.3 is 5.97 Å². The van der Waals surface area contributed by atoms with Crippen LogP contribution in [0, 0.1) is 17.3 Å². The average molecular weight is 315 g/mol. The number of nitrogens with one attached hydrogen (secondary N) is 1. The second-order valence-electron chi connectivity index (χ2n) is 6.21. The number of aliphatic carboxylic acids is 1. The minimum absolute atomic E-state index is 0.0809. The molecule has 0 aliphatic heterocycles. The predicted octanol–water partition coefficient (Wildman–Crippen LogP) is 1.71. The van der Waals surface area contributed by atoms with Crippen molar-refractivity contribution in [1.82, 2.24) is 15.5 Å². The van der Waals surface area contributed by atoms with Crippen molar-refractivity contribution in [1.29, 1.82) is 0 Å². The standard InChI is InChI=1S/C16H17N3O4/c1-16(2)11(12(16)15(21)22)14(20)17-8-10-18-13(19-23-10)9-6-4-3-5-7-9/h3-7,11-12H,8H2,1-2H3,(H,17,20)(H,21,22)/t11-,12+/m0/s1. The SMILES string of the molecule is CC1(C)[C@H](C(=O)NCc2nc(-c3ccccc3)no2)[C@@H]1C(=O)O. The van der Waals surface area contributed by atoms with Gasteiger partial charge in [-0.05, 0) is 5.41 Å². The van der Waals surface area contributed by atoms with Gasteiger partial charge in [0.05, 0.1) is 18.4 Å². The van der Waals surface area contributed by atoms with Gasteiger partial charge in [0.15, 0.2) is 0 Å². The Morgan fingerprint density at radius 2 is 1.96 bits per heavy atom. The third-order valence-corrected chi connectivity index (χ3v) is 4.29. The molecule has 0 saturated heterocycles. The molecule has 1 aliphatic carbocycles. The van der Waals surface area contributed by atoms with Crippen LogP contribution in [0.5, 0.6) is 0 Å². The van der Waals surface area contributed by atoms with E-state index in [-0.39, 0.29) is 18.3 Å². The smallest absolute Gasteiger partial charge is 0.307 e. The van der Waals surface area contributed by atoms with Crippen LogP contribution < -0.4 is 5.32 Å². The zero-order valence-electron chi connectivity index (χ0n) is 12.8. The van der Waals surface area contributed by atoms with E-state index in [1.165, 1.54) is 0 Å². The first kappa shape index (κ1) is 15.2. The highest BCUT2D eigenvalue weighted by Crippen LogP contribution is 2.58. The number of carbonyl (C=O) groups is 2. The van der Waals surface area contributed by atoms with Crippen LogP contribution in [0.1, 0.15) is 19.7 Å². The zero-order valence-corrected chi connectivity index (χ0v) is 12.8. The van der Waals surface area contributed by atoms with Crippen LogP contribution in [0.4, 0.5) is 0 Å². The molecule has 2 N–H and O–H groups in total. The number of carbonyl (C=O) groups excluding carboxylic acids is 1. The number of carboxylic acids is 1. The molecule has 0 radical (unpaired) electrons. The summed E-state index contributed by atoms with van der Waals surface area (Å²) in [6, 6.07) is 9.35. The van der Waals surface area contributed by atoms with Gasteiger partial charge in [-0.25, -0.2) is 0 Å². The number of hydrogen-bond donors (Lipinski definition) is 2. The van der Waals surface area contributed by atoms with Gasteiger partial charge in [0.25, 0.3) is 0 Å². The Morgan fingerprint density at radius 1 is 1.26 bits per heavy atom. The minimum Gasteiger partial charge on any atom is -0.481 e. The van der Waals surface area contributed by atoms with Gasteiger partial charge in [0, 0.05) is 5.56 Å². The normalized spacial score (nSPS) is 21.7. The van der Waals surface area contributed by atoms with Crippen molar-refractivity contribution in [3.63, 3.8) is 0 Å². The molecular formula is C16H17N3O4. The molecule has 1 saturated carbocycles. The van der Waals surface area contributed by atoms with E-state index in [0.29, 0.717) is 5.82 Å². The minimum atomic E-state index is -0.945. The molecule has 1 fully saturated rings. The van der Waals surface area contributed by atoms with Crippen molar-refractivity contribution in [3.05, 3.63) is 36.2 Å². The maximum atomic E-state index is 12.1. The van der Waals surface area contributed by atoms with Gasteiger partial charge < -0.3 is 14.9 Å². The first-order chi connectivity index (χ1) is 10.9. The Kier molecular flexibility index (Phi) is 3.63. The number of aromatic nitrogens is 2. The summed E-state index contributed by atoms with van der Waals surface area (Å²) < 4.78 is 5.10. The van der Waals surface area contributed by atoms with Gasteiger partial charge in [0.2, 0.25) is 17.6 Å². The molecule has 7 heteroatoms. The summed E-state index contributed by atoms with van der Waals surface area (Å²) in [6.07, 6.45) is 0. The van der Waals surface area contributed by atoms with E-state index in [4.69, 9.17) is 9.63 Å². The van der Waals surface area contributed by atoms with Gasteiger partial charge in [-0.3, -0.25) is 9.59 Å². The molecule has 7 nitrogen and oxygen atoms in total. The Morgan fingerprint density at radius 3 is 2.57 bits per heavy atom. The lowest BCUT2D eigenvalue weighted by Crippen LogP contribution is -2.27. The van der Waals surface area contributed by atoms with E-state index in [9.17, 15) is 9.59 Å². The summed E-state index contributed by atoms with van der Waals surface area (Å²) in [5.74, 6) is -1.70. The van der Waals surface area contributed by atoms with Gasteiger partial charge in [-0.1, -0.05) is 49.3 Å².